The lowest BCUT2D eigenvalue weighted by molar-refractivity contribution is 0.0671. The molecular formula is C14H28FN. The quantitative estimate of drug-likeness (QED) is 0.782. The number of alkyl halides is 1. The van der Waals surface area contributed by atoms with Gasteiger partial charge < -0.3 is 5.73 Å². The minimum Gasteiger partial charge on any atom is -0.330 e. The molecule has 96 valence electrons. The van der Waals surface area contributed by atoms with E-state index in [4.69, 9.17) is 5.73 Å². The van der Waals surface area contributed by atoms with Crippen molar-refractivity contribution in [1.29, 1.82) is 0 Å². The molecule has 2 N–H and O–H groups in total. The summed E-state index contributed by atoms with van der Waals surface area (Å²) in [5, 5.41) is 0. The first kappa shape index (κ1) is 14.0. The number of halogens is 1. The van der Waals surface area contributed by atoms with Crippen LogP contribution in [0.2, 0.25) is 0 Å². The standard InChI is InChI=1S/C14H28FN/c1-9(2)13(8-16)14(15)12-6-5-10(3)11(4)7-12/h9-14H,5-8,16H2,1-4H3. The highest BCUT2D eigenvalue weighted by Gasteiger charge is 2.35. The molecule has 1 aliphatic rings. The molecule has 0 aromatic rings. The fraction of sp³-hybridized carbons (Fsp3) is 1.00. The van der Waals surface area contributed by atoms with Crippen LogP contribution < -0.4 is 5.73 Å². The van der Waals surface area contributed by atoms with Gasteiger partial charge in [0.25, 0.3) is 0 Å². The topological polar surface area (TPSA) is 26.0 Å². The lowest BCUT2D eigenvalue weighted by atomic mass is 9.71. The second-order valence-corrected chi connectivity index (χ2v) is 6.12. The van der Waals surface area contributed by atoms with Gasteiger partial charge in [0, 0.05) is 5.92 Å². The summed E-state index contributed by atoms with van der Waals surface area (Å²) in [4.78, 5) is 0. The Balaban J connectivity index is 2.56. The molecule has 0 aromatic heterocycles. The summed E-state index contributed by atoms with van der Waals surface area (Å²) < 4.78 is 14.4. The lowest BCUT2D eigenvalue weighted by Gasteiger charge is -2.37. The lowest BCUT2D eigenvalue weighted by Crippen LogP contribution is -2.37. The van der Waals surface area contributed by atoms with E-state index in [1.165, 1.54) is 6.42 Å². The van der Waals surface area contributed by atoms with Gasteiger partial charge in [-0.25, -0.2) is 4.39 Å². The number of rotatable bonds is 4. The van der Waals surface area contributed by atoms with E-state index >= 15 is 0 Å². The van der Waals surface area contributed by atoms with Crippen molar-refractivity contribution in [3.63, 3.8) is 0 Å². The van der Waals surface area contributed by atoms with E-state index in [1.54, 1.807) is 0 Å². The molecule has 0 aromatic carbocycles. The first-order valence-corrected chi connectivity index (χ1v) is 6.81. The molecule has 0 heterocycles. The third-order valence-electron chi connectivity index (χ3n) is 4.63. The van der Waals surface area contributed by atoms with Gasteiger partial charge in [-0.2, -0.15) is 0 Å². The van der Waals surface area contributed by atoms with Gasteiger partial charge in [0.15, 0.2) is 0 Å². The van der Waals surface area contributed by atoms with Crippen LogP contribution in [0, 0.1) is 29.6 Å². The second-order valence-electron chi connectivity index (χ2n) is 6.12. The monoisotopic (exact) mass is 229 g/mol. The van der Waals surface area contributed by atoms with Gasteiger partial charge >= 0.3 is 0 Å². The molecule has 1 nitrogen and oxygen atoms in total. The zero-order valence-electron chi connectivity index (χ0n) is 11.2. The van der Waals surface area contributed by atoms with Gasteiger partial charge in [-0.3, -0.25) is 0 Å². The van der Waals surface area contributed by atoms with Gasteiger partial charge in [0.1, 0.15) is 6.17 Å². The third-order valence-corrected chi connectivity index (χ3v) is 4.63. The number of hydrogen-bond donors (Lipinski definition) is 1. The maximum Gasteiger partial charge on any atom is 0.107 e. The van der Waals surface area contributed by atoms with Crippen molar-refractivity contribution in [2.45, 2.75) is 53.1 Å². The predicted octanol–water partition coefficient (Wildman–Crippen LogP) is 3.63. The van der Waals surface area contributed by atoms with Crippen molar-refractivity contribution in [2.24, 2.45) is 35.3 Å². The van der Waals surface area contributed by atoms with E-state index in [-0.39, 0.29) is 11.8 Å². The van der Waals surface area contributed by atoms with Gasteiger partial charge in [-0.15, -0.1) is 0 Å². The Bertz CT molecular complexity index is 205. The predicted molar refractivity (Wildman–Crippen MR) is 67.9 cm³/mol. The molecule has 2 heteroatoms. The third kappa shape index (κ3) is 3.19. The molecule has 1 aliphatic carbocycles. The normalized spacial score (nSPS) is 35.1. The van der Waals surface area contributed by atoms with Crippen LogP contribution in [0.15, 0.2) is 0 Å². The van der Waals surface area contributed by atoms with Crippen LogP contribution in [0.3, 0.4) is 0 Å². The first-order chi connectivity index (χ1) is 7.47. The highest BCUT2D eigenvalue weighted by atomic mass is 19.1. The minimum absolute atomic E-state index is 0.0469. The van der Waals surface area contributed by atoms with Gasteiger partial charge in [0.2, 0.25) is 0 Å². The van der Waals surface area contributed by atoms with Gasteiger partial charge in [0.05, 0.1) is 0 Å². The molecule has 0 saturated heterocycles. The molecule has 0 bridgehead atoms. The SMILES string of the molecule is CC(C)C(CN)C(F)C1CCC(C)C(C)C1. The molecule has 1 fully saturated rings. The number of nitrogens with two attached hydrogens (primary N) is 1. The first-order valence-electron chi connectivity index (χ1n) is 6.81. The highest BCUT2D eigenvalue weighted by Crippen LogP contribution is 2.38. The molecule has 0 spiro atoms. The molecular weight excluding hydrogens is 201 g/mol. The maximum atomic E-state index is 14.4. The summed E-state index contributed by atoms with van der Waals surface area (Å²) in [6.45, 7) is 9.20. The highest BCUT2D eigenvalue weighted by molar-refractivity contribution is 4.85. The van der Waals surface area contributed by atoms with E-state index in [2.05, 4.69) is 27.7 Å². The van der Waals surface area contributed by atoms with E-state index in [0.29, 0.717) is 18.4 Å². The second kappa shape index (κ2) is 6.00. The van der Waals surface area contributed by atoms with Crippen molar-refractivity contribution >= 4 is 0 Å². The fourth-order valence-electron chi connectivity index (χ4n) is 3.00. The van der Waals surface area contributed by atoms with Crippen LogP contribution in [0.4, 0.5) is 4.39 Å². The Morgan fingerprint density at radius 2 is 1.81 bits per heavy atom. The van der Waals surface area contributed by atoms with E-state index in [0.717, 1.165) is 18.8 Å². The molecule has 1 saturated carbocycles. The van der Waals surface area contributed by atoms with E-state index in [1.807, 2.05) is 0 Å². The smallest absolute Gasteiger partial charge is 0.107 e. The fourth-order valence-corrected chi connectivity index (χ4v) is 3.00. The largest absolute Gasteiger partial charge is 0.330 e. The van der Waals surface area contributed by atoms with Crippen LogP contribution in [0.5, 0.6) is 0 Å². The molecule has 5 unspecified atom stereocenters. The van der Waals surface area contributed by atoms with E-state index < -0.39 is 6.17 Å². The Kier molecular flexibility index (Phi) is 5.23. The average molecular weight is 229 g/mol. The van der Waals surface area contributed by atoms with Crippen molar-refractivity contribution in [3.8, 4) is 0 Å². The van der Waals surface area contributed by atoms with Crippen LogP contribution >= 0.6 is 0 Å². The minimum atomic E-state index is -0.694. The Hall–Kier alpha value is -0.110. The molecule has 0 amide bonds. The van der Waals surface area contributed by atoms with Crippen LogP contribution in [-0.2, 0) is 0 Å². The summed E-state index contributed by atoms with van der Waals surface area (Å²) in [6, 6.07) is 0. The Labute approximate surface area is 100.0 Å². The molecule has 16 heavy (non-hydrogen) atoms. The zero-order chi connectivity index (χ0) is 12.3. The van der Waals surface area contributed by atoms with Crippen molar-refractivity contribution in [2.75, 3.05) is 6.54 Å². The maximum absolute atomic E-state index is 14.4. The van der Waals surface area contributed by atoms with Crippen LogP contribution in [0.25, 0.3) is 0 Å². The van der Waals surface area contributed by atoms with E-state index in [9.17, 15) is 4.39 Å². The van der Waals surface area contributed by atoms with Crippen molar-refractivity contribution in [3.05, 3.63) is 0 Å². The summed E-state index contributed by atoms with van der Waals surface area (Å²) in [5.74, 6) is 2.09. The number of hydrogen-bond acceptors (Lipinski definition) is 1. The molecule has 0 aliphatic heterocycles. The molecule has 5 atom stereocenters. The average Bonchev–Trinajstić information content (AvgIpc) is 2.22. The molecule has 0 radical (unpaired) electrons. The van der Waals surface area contributed by atoms with Crippen LogP contribution in [-0.4, -0.2) is 12.7 Å². The summed E-state index contributed by atoms with van der Waals surface area (Å²) >= 11 is 0. The van der Waals surface area contributed by atoms with Gasteiger partial charge in [-0.1, -0.05) is 34.1 Å². The van der Waals surface area contributed by atoms with Crippen molar-refractivity contribution < 1.29 is 4.39 Å². The summed E-state index contributed by atoms with van der Waals surface area (Å²) in [6.07, 6.45) is 2.59. The zero-order valence-corrected chi connectivity index (χ0v) is 11.2. The Morgan fingerprint density at radius 1 is 1.19 bits per heavy atom. The summed E-state index contributed by atoms with van der Waals surface area (Å²) in [5.41, 5.74) is 5.70. The Morgan fingerprint density at radius 3 is 2.25 bits per heavy atom. The van der Waals surface area contributed by atoms with Crippen LogP contribution in [0.1, 0.15) is 47.0 Å². The van der Waals surface area contributed by atoms with Gasteiger partial charge in [-0.05, 0) is 43.1 Å². The van der Waals surface area contributed by atoms with Crippen molar-refractivity contribution in [1.82, 2.24) is 0 Å². The summed E-state index contributed by atoms with van der Waals surface area (Å²) in [7, 11) is 0. The molecule has 1 rings (SSSR count).